The molecule has 1 amide bonds. The average Bonchev–Trinajstić information content (AvgIpc) is 2.86. The van der Waals surface area contributed by atoms with Gasteiger partial charge in [-0.15, -0.1) is 0 Å². The van der Waals surface area contributed by atoms with Gasteiger partial charge in [-0.2, -0.15) is 0 Å². The van der Waals surface area contributed by atoms with Crippen LogP contribution in [-0.2, 0) is 14.8 Å². The summed E-state index contributed by atoms with van der Waals surface area (Å²) in [4.78, 5) is 12.2. The van der Waals surface area contributed by atoms with Crippen molar-refractivity contribution < 1.29 is 27.1 Å². The molecule has 0 aliphatic heterocycles. The third-order valence-electron chi connectivity index (χ3n) is 4.72. The molecule has 7 nitrogen and oxygen atoms in total. The number of halogens is 1. The van der Waals surface area contributed by atoms with Crippen molar-refractivity contribution in [1.82, 2.24) is 0 Å². The van der Waals surface area contributed by atoms with Gasteiger partial charge in [-0.3, -0.25) is 9.52 Å². The zero-order valence-corrected chi connectivity index (χ0v) is 19.2. The Kier molecular flexibility index (Phi) is 7.27. The lowest BCUT2D eigenvalue weighted by Gasteiger charge is -2.10. The van der Waals surface area contributed by atoms with Crippen LogP contribution in [0.4, 0.5) is 15.8 Å². The van der Waals surface area contributed by atoms with Crippen LogP contribution in [0.15, 0.2) is 108 Å². The van der Waals surface area contributed by atoms with Gasteiger partial charge in [-0.1, -0.05) is 18.2 Å². The van der Waals surface area contributed by atoms with E-state index >= 15 is 0 Å². The van der Waals surface area contributed by atoms with Gasteiger partial charge in [0.2, 0.25) is 0 Å². The predicted octanol–water partition coefficient (Wildman–Crippen LogP) is 5.44. The summed E-state index contributed by atoms with van der Waals surface area (Å²) in [5.41, 5.74) is 0.815. The molecular formula is C26H21FN2O5S. The molecule has 0 unspecified atom stereocenters. The number of nitrogens with one attached hydrogen (secondary N) is 2. The minimum atomic E-state index is -3.86. The van der Waals surface area contributed by atoms with E-state index in [1.165, 1.54) is 36.4 Å². The quantitative estimate of drug-likeness (QED) is 0.325. The van der Waals surface area contributed by atoms with Crippen LogP contribution in [0.1, 0.15) is 0 Å². The zero-order valence-electron chi connectivity index (χ0n) is 18.3. The van der Waals surface area contributed by atoms with Crippen LogP contribution in [0.25, 0.3) is 0 Å². The number of para-hydroxylation sites is 1. The number of anilines is 2. The van der Waals surface area contributed by atoms with Crippen LogP contribution in [-0.4, -0.2) is 20.9 Å². The number of hydrogen-bond donors (Lipinski definition) is 2. The SMILES string of the molecule is O=C(COc1ccc(S(=O)(=O)Nc2ccc(F)cc2)cc1)Nc1ccc(Oc2ccccc2)cc1. The van der Waals surface area contributed by atoms with E-state index in [-0.39, 0.29) is 23.1 Å². The Balaban J connectivity index is 1.27. The summed E-state index contributed by atoms with van der Waals surface area (Å²) in [7, 11) is -3.86. The summed E-state index contributed by atoms with van der Waals surface area (Å²) in [5.74, 6) is 0.827. The van der Waals surface area contributed by atoms with Crippen LogP contribution < -0.4 is 19.5 Å². The van der Waals surface area contributed by atoms with E-state index in [2.05, 4.69) is 10.0 Å². The molecule has 0 radical (unpaired) electrons. The lowest BCUT2D eigenvalue weighted by molar-refractivity contribution is -0.118. The van der Waals surface area contributed by atoms with Gasteiger partial charge in [-0.05, 0) is 84.9 Å². The van der Waals surface area contributed by atoms with Crippen LogP contribution >= 0.6 is 0 Å². The third kappa shape index (κ3) is 6.81. The van der Waals surface area contributed by atoms with Crippen molar-refractivity contribution in [2.24, 2.45) is 0 Å². The summed E-state index contributed by atoms with van der Waals surface area (Å²) in [6.45, 7) is -0.262. The number of amides is 1. The van der Waals surface area contributed by atoms with Gasteiger partial charge < -0.3 is 14.8 Å². The molecule has 9 heteroatoms. The third-order valence-corrected chi connectivity index (χ3v) is 6.11. The highest BCUT2D eigenvalue weighted by atomic mass is 32.2. The average molecular weight is 493 g/mol. The van der Waals surface area contributed by atoms with Crippen LogP contribution in [0, 0.1) is 5.82 Å². The number of ether oxygens (including phenoxy) is 2. The second kappa shape index (κ2) is 10.7. The number of rotatable bonds is 9. The van der Waals surface area contributed by atoms with E-state index in [0.717, 1.165) is 12.1 Å². The van der Waals surface area contributed by atoms with Gasteiger partial charge in [0.1, 0.15) is 23.1 Å². The largest absolute Gasteiger partial charge is 0.484 e. The minimum Gasteiger partial charge on any atom is -0.484 e. The van der Waals surface area contributed by atoms with E-state index in [9.17, 15) is 17.6 Å². The first-order valence-corrected chi connectivity index (χ1v) is 12.0. The first kappa shape index (κ1) is 23.8. The summed E-state index contributed by atoms with van der Waals surface area (Å²) in [6, 6.07) is 26.8. The molecule has 0 bridgehead atoms. The molecular weight excluding hydrogens is 471 g/mol. The Morgan fingerprint density at radius 1 is 0.714 bits per heavy atom. The van der Waals surface area contributed by atoms with Crippen molar-refractivity contribution >= 4 is 27.3 Å². The van der Waals surface area contributed by atoms with E-state index in [0.29, 0.717) is 22.9 Å². The maximum absolute atomic E-state index is 13.0. The Bertz CT molecular complexity index is 1380. The van der Waals surface area contributed by atoms with Gasteiger partial charge in [0, 0.05) is 11.4 Å². The second-order valence-electron chi connectivity index (χ2n) is 7.36. The molecule has 178 valence electrons. The van der Waals surface area contributed by atoms with Crippen LogP contribution in [0.5, 0.6) is 17.2 Å². The minimum absolute atomic E-state index is 0.00330. The molecule has 0 saturated heterocycles. The number of sulfonamides is 1. The molecule has 4 aromatic carbocycles. The molecule has 2 N–H and O–H groups in total. The maximum atomic E-state index is 13.0. The predicted molar refractivity (Wildman–Crippen MR) is 131 cm³/mol. The monoisotopic (exact) mass is 492 g/mol. The molecule has 4 aromatic rings. The molecule has 0 fully saturated rings. The Morgan fingerprint density at radius 2 is 1.29 bits per heavy atom. The molecule has 4 rings (SSSR count). The lowest BCUT2D eigenvalue weighted by Crippen LogP contribution is -2.20. The number of hydrogen-bond acceptors (Lipinski definition) is 5. The number of carbonyl (C=O) groups excluding carboxylic acids is 1. The highest BCUT2D eigenvalue weighted by Crippen LogP contribution is 2.23. The summed E-state index contributed by atoms with van der Waals surface area (Å²) in [5, 5.41) is 2.72. The summed E-state index contributed by atoms with van der Waals surface area (Å²) < 4.78 is 51.5. The fraction of sp³-hybridized carbons (Fsp3) is 0.0385. The smallest absolute Gasteiger partial charge is 0.262 e. The van der Waals surface area contributed by atoms with Crippen molar-refractivity contribution in [3.05, 3.63) is 109 Å². The molecule has 0 aliphatic rings. The Morgan fingerprint density at radius 3 is 1.94 bits per heavy atom. The van der Waals surface area contributed by atoms with E-state index < -0.39 is 15.8 Å². The van der Waals surface area contributed by atoms with Crippen molar-refractivity contribution in [2.75, 3.05) is 16.6 Å². The van der Waals surface area contributed by atoms with Crippen molar-refractivity contribution in [3.63, 3.8) is 0 Å². The zero-order chi connectivity index (χ0) is 24.7. The van der Waals surface area contributed by atoms with Gasteiger partial charge in [0.05, 0.1) is 4.90 Å². The van der Waals surface area contributed by atoms with E-state index in [4.69, 9.17) is 9.47 Å². The molecule has 0 spiro atoms. The van der Waals surface area contributed by atoms with Gasteiger partial charge in [0.25, 0.3) is 15.9 Å². The molecule has 35 heavy (non-hydrogen) atoms. The van der Waals surface area contributed by atoms with E-state index in [1.54, 1.807) is 24.3 Å². The maximum Gasteiger partial charge on any atom is 0.262 e. The van der Waals surface area contributed by atoms with E-state index in [1.807, 2.05) is 30.3 Å². The fourth-order valence-electron chi connectivity index (χ4n) is 3.02. The normalized spacial score (nSPS) is 10.9. The van der Waals surface area contributed by atoms with Crippen molar-refractivity contribution in [2.45, 2.75) is 4.90 Å². The first-order valence-electron chi connectivity index (χ1n) is 10.5. The van der Waals surface area contributed by atoms with Crippen LogP contribution in [0.3, 0.4) is 0 Å². The lowest BCUT2D eigenvalue weighted by atomic mass is 10.3. The molecule has 0 atom stereocenters. The van der Waals surface area contributed by atoms with Crippen molar-refractivity contribution in [3.8, 4) is 17.2 Å². The van der Waals surface area contributed by atoms with Gasteiger partial charge >= 0.3 is 0 Å². The standard InChI is InChI=1S/C26H21FN2O5S/c27-19-6-8-21(9-7-19)29-35(31,32)25-16-14-22(15-17-25)33-18-26(30)28-20-10-12-24(13-11-20)34-23-4-2-1-3-5-23/h1-17,29H,18H2,(H,28,30). The van der Waals surface area contributed by atoms with Gasteiger partial charge in [0.15, 0.2) is 6.61 Å². The second-order valence-corrected chi connectivity index (χ2v) is 9.04. The number of carbonyl (C=O) groups is 1. The molecule has 0 heterocycles. The Labute approximate surface area is 202 Å². The van der Waals surface area contributed by atoms with Gasteiger partial charge in [-0.25, -0.2) is 12.8 Å². The number of benzene rings is 4. The Hall–Kier alpha value is -4.37. The highest BCUT2D eigenvalue weighted by Gasteiger charge is 2.14. The summed E-state index contributed by atoms with van der Waals surface area (Å²) >= 11 is 0. The topological polar surface area (TPSA) is 93.7 Å². The van der Waals surface area contributed by atoms with Crippen molar-refractivity contribution in [1.29, 1.82) is 0 Å². The van der Waals surface area contributed by atoms with Crippen LogP contribution in [0.2, 0.25) is 0 Å². The molecule has 0 aliphatic carbocycles. The molecule has 0 saturated carbocycles. The fourth-order valence-corrected chi connectivity index (χ4v) is 4.08. The highest BCUT2D eigenvalue weighted by molar-refractivity contribution is 7.92. The summed E-state index contributed by atoms with van der Waals surface area (Å²) in [6.07, 6.45) is 0. The molecule has 0 aromatic heterocycles. The first-order chi connectivity index (χ1) is 16.9.